The van der Waals surface area contributed by atoms with Crippen LogP contribution in [-0.2, 0) is 11.3 Å². The normalized spacial score (nSPS) is 16.1. The molecule has 4 heterocycles. The van der Waals surface area contributed by atoms with Crippen molar-refractivity contribution in [3.63, 3.8) is 0 Å². The smallest absolute Gasteiger partial charge is 0.226 e. The molecule has 0 unspecified atom stereocenters. The van der Waals surface area contributed by atoms with E-state index < -0.39 is 0 Å². The number of amides is 1. The second-order valence-corrected chi connectivity index (χ2v) is 9.54. The van der Waals surface area contributed by atoms with Crippen molar-refractivity contribution < 1.29 is 4.79 Å². The summed E-state index contributed by atoms with van der Waals surface area (Å²) in [5.41, 5.74) is 6.31. The Labute approximate surface area is 197 Å². The molecule has 0 spiro atoms. The van der Waals surface area contributed by atoms with E-state index >= 15 is 0 Å². The number of aliphatic imine (C=N–C) groups is 1. The van der Waals surface area contributed by atoms with Gasteiger partial charge >= 0.3 is 0 Å². The second-order valence-electron chi connectivity index (χ2n) is 8.54. The summed E-state index contributed by atoms with van der Waals surface area (Å²) in [6, 6.07) is 12.3. The first-order valence-corrected chi connectivity index (χ1v) is 12.2. The molecule has 1 saturated heterocycles. The van der Waals surface area contributed by atoms with Gasteiger partial charge in [-0.3, -0.25) is 14.8 Å². The quantitative estimate of drug-likeness (QED) is 0.554. The number of benzene rings is 1. The first kappa shape index (κ1) is 21.7. The number of hydrogen-bond acceptors (Lipinski definition) is 6. The van der Waals surface area contributed by atoms with Crippen molar-refractivity contribution in [1.29, 1.82) is 0 Å². The highest BCUT2D eigenvalue weighted by atomic mass is 32.1. The molecule has 2 aliphatic heterocycles. The van der Waals surface area contributed by atoms with Gasteiger partial charge in [0.2, 0.25) is 5.91 Å². The number of fused-ring (bicyclic) bond motifs is 1. The molecule has 2 aromatic heterocycles. The molecule has 0 radical (unpaired) electrons. The van der Waals surface area contributed by atoms with Crippen molar-refractivity contribution in [2.24, 2.45) is 10.9 Å². The monoisotopic (exact) mass is 457 g/mol. The average Bonchev–Trinajstić information content (AvgIpc) is 3.41. The fourth-order valence-electron chi connectivity index (χ4n) is 4.39. The zero-order chi connectivity index (χ0) is 22.6. The number of aryl methyl sites for hydroxylation is 1. The van der Waals surface area contributed by atoms with E-state index in [0.717, 1.165) is 59.0 Å². The van der Waals surface area contributed by atoms with Gasteiger partial charge in [0.1, 0.15) is 0 Å². The van der Waals surface area contributed by atoms with Crippen LogP contribution in [0.5, 0.6) is 0 Å². The van der Waals surface area contributed by atoms with Crippen LogP contribution in [0, 0.1) is 12.8 Å². The number of rotatable bonds is 6. The number of hydrogen-bond donors (Lipinski definition) is 2. The van der Waals surface area contributed by atoms with Crippen LogP contribution in [0.3, 0.4) is 0 Å². The largest absolute Gasteiger partial charge is 0.317 e. The summed E-state index contributed by atoms with van der Waals surface area (Å²) in [6.07, 6.45) is 8.51. The van der Waals surface area contributed by atoms with E-state index in [9.17, 15) is 4.79 Å². The van der Waals surface area contributed by atoms with Crippen molar-refractivity contribution >= 4 is 34.2 Å². The Kier molecular flexibility index (Phi) is 6.41. The Balaban J connectivity index is 1.27. The van der Waals surface area contributed by atoms with E-state index in [1.54, 1.807) is 17.5 Å². The molecule has 6 nitrogen and oxygen atoms in total. The Morgan fingerprint density at radius 2 is 2.09 bits per heavy atom. The van der Waals surface area contributed by atoms with Crippen LogP contribution in [0.1, 0.15) is 41.8 Å². The van der Waals surface area contributed by atoms with Crippen LogP contribution < -0.4 is 10.6 Å². The van der Waals surface area contributed by atoms with Gasteiger partial charge in [-0.1, -0.05) is 29.5 Å². The Bertz CT molecular complexity index is 1210. The maximum absolute atomic E-state index is 12.5. The van der Waals surface area contributed by atoms with Crippen LogP contribution in [0.2, 0.25) is 0 Å². The van der Waals surface area contributed by atoms with Gasteiger partial charge in [0.25, 0.3) is 0 Å². The fraction of sp³-hybridized carbons (Fsp3) is 0.308. The lowest BCUT2D eigenvalue weighted by atomic mass is 9.94. The van der Waals surface area contributed by atoms with Crippen molar-refractivity contribution in [2.45, 2.75) is 32.7 Å². The number of piperidine rings is 1. The molecule has 168 valence electrons. The predicted octanol–water partition coefficient (Wildman–Crippen LogP) is 4.86. The first-order chi connectivity index (χ1) is 16.2. The molecular weight excluding hydrogens is 430 g/mol. The first-order valence-electron chi connectivity index (χ1n) is 11.4. The molecule has 3 aromatic rings. The van der Waals surface area contributed by atoms with Gasteiger partial charge in [0.05, 0.1) is 28.5 Å². The van der Waals surface area contributed by atoms with E-state index in [1.807, 2.05) is 37.3 Å². The molecule has 1 aromatic carbocycles. The van der Waals surface area contributed by atoms with Crippen LogP contribution >= 0.6 is 11.3 Å². The summed E-state index contributed by atoms with van der Waals surface area (Å²) in [6.45, 7) is 4.67. The summed E-state index contributed by atoms with van der Waals surface area (Å²) in [5.74, 6) is 0.526. The maximum Gasteiger partial charge on any atom is 0.226 e. The topological polar surface area (TPSA) is 79.3 Å². The third-order valence-electron chi connectivity index (χ3n) is 6.14. The number of nitrogens with zero attached hydrogens (tertiary/aromatic N) is 3. The minimum Gasteiger partial charge on any atom is -0.317 e. The van der Waals surface area contributed by atoms with Gasteiger partial charge in [0.15, 0.2) is 5.13 Å². The Morgan fingerprint density at radius 3 is 2.91 bits per heavy atom. The molecular formula is C26H27N5OS. The molecule has 33 heavy (non-hydrogen) atoms. The molecule has 2 aliphatic rings. The molecule has 7 heteroatoms. The molecule has 1 amide bonds. The number of anilines is 1. The zero-order valence-corrected chi connectivity index (χ0v) is 19.5. The molecule has 0 saturated carbocycles. The molecule has 0 atom stereocenters. The molecule has 0 bridgehead atoms. The Morgan fingerprint density at radius 1 is 1.21 bits per heavy atom. The summed E-state index contributed by atoms with van der Waals surface area (Å²) in [7, 11) is 0. The van der Waals surface area contributed by atoms with Crippen LogP contribution in [0.15, 0.2) is 53.7 Å². The highest BCUT2D eigenvalue weighted by Crippen LogP contribution is 2.35. The third-order valence-corrected chi connectivity index (χ3v) is 7.26. The standard InChI is InChI=1S/C26H27N5OS/c1-17-25(33-26(30-17)31-24(32)14-18-9-12-27-13-10-18)19-5-7-22-20(15-19)16-29-23(22)8-6-21-4-2-3-11-28-21/h2-8,11,15,18,27H,9-10,12-14,16H2,1H3,(H,30,31,32)/b8-6+. The minimum atomic E-state index is 0.0638. The summed E-state index contributed by atoms with van der Waals surface area (Å²) < 4.78 is 0. The zero-order valence-electron chi connectivity index (χ0n) is 18.7. The van der Waals surface area contributed by atoms with Crippen molar-refractivity contribution in [3.05, 3.63) is 71.2 Å². The van der Waals surface area contributed by atoms with E-state index in [1.165, 1.54) is 5.56 Å². The van der Waals surface area contributed by atoms with Gasteiger partial charge in [0, 0.05) is 18.2 Å². The number of aromatic nitrogens is 2. The molecule has 2 N–H and O–H groups in total. The van der Waals surface area contributed by atoms with Crippen LogP contribution in [-0.4, -0.2) is 34.7 Å². The number of thiazole rings is 1. The average molecular weight is 458 g/mol. The van der Waals surface area contributed by atoms with E-state index in [2.05, 4.69) is 38.8 Å². The predicted molar refractivity (Wildman–Crippen MR) is 135 cm³/mol. The van der Waals surface area contributed by atoms with Gasteiger partial charge in [-0.2, -0.15) is 0 Å². The van der Waals surface area contributed by atoms with Crippen LogP contribution in [0.4, 0.5) is 5.13 Å². The number of nitrogens with one attached hydrogen (secondary N) is 2. The number of pyridine rings is 1. The van der Waals surface area contributed by atoms with Crippen molar-refractivity contribution in [2.75, 3.05) is 18.4 Å². The maximum atomic E-state index is 12.5. The van der Waals surface area contributed by atoms with Gasteiger partial charge in [-0.05, 0) is 80.3 Å². The van der Waals surface area contributed by atoms with E-state index in [-0.39, 0.29) is 5.91 Å². The lowest BCUT2D eigenvalue weighted by molar-refractivity contribution is -0.117. The third kappa shape index (κ3) is 5.10. The van der Waals surface area contributed by atoms with E-state index in [0.29, 0.717) is 24.0 Å². The lowest BCUT2D eigenvalue weighted by Crippen LogP contribution is -2.30. The summed E-state index contributed by atoms with van der Waals surface area (Å²) in [4.78, 5) is 27.2. The van der Waals surface area contributed by atoms with Gasteiger partial charge < -0.3 is 10.6 Å². The van der Waals surface area contributed by atoms with E-state index in [4.69, 9.17) is 4.99 Å². The Hall–Kier alpha value is -3.16. The SMILES string of the molecule is Cc1nc(NC(=O)CC2CCNCC2)sc1-c1ccc2c(c1)CN=C2/C=C/c1ccccn1. The van der Waals surface area contributed by atoms with Crippen molar-refractivity contribution in [3.8, 4) is 10.4 Å². The minimum absolute atomic E-state index is 0.0638. The highest BCUT2D eigenvalue weighted by Gasteiger charge is 2.20. The van der Waals surface area contributed by atoms with Gasteiger partial charge in [-0.15, -0.1) is 0 Å². The number of carbonyl (C=O) groups excluding carboxylic acids is 1. The number of allylic oxidation sites excluding steroid dienone is 1. The number of carbonyl (C=O) groups is 1. The second kappa shape index (κ2) is 9.77. The fourth-order valence-corrected chi connectivity index (χ4v) is 5.37. The lowest BCUT2D eigenvalue weighted by Gasteiger charge is -2.21. The molecule has 1 fully saturated rings. The van der Waals surface area contributed by atoms with Crippen molar-refractivity contribution in [1.82, 2.24) is 15.3 Å². The molecule has 5 rings (SSSR count). The highest BCUT2D eigenvalue weighted by molar-refractivity contribution is 7.19. The van der Waals surface area contributed by atoms with Crippen LogP contribution in [0.25, 0.3) is 16.5 Å². The molecule has 0 aliphatic carbocycles. The van der Waals surface area contributed by atoms with Gasteiger partial charge in [-0.25, -0.2) is 4.98 Å². The summed E-state index contributed by atoms with van der Waals surface area (Å²) in [5, 5.41) is 7.04. The summed E-state index contributed by atoms with van der Waals surface area (Å²) >= 11 is 1.54.